The molecular formula is C31H23N7OS. The molecule has 7 rings (SSSR count). The molecule has 0 fully saturated rings. The molecule has 0 saturated carbocycles. The van der Waals surface area contributed by atoms with E-state index in [1.54, 1.807) is 28.7 Å². The van der Waals surface area contributed by atoms with Crippen molar-refractivity contribution >= 4 is 40.4 Å². The van der Waals surface area contributed by atoms with Gasteiger partial charge in [-0.3, -0.25) is 9.78 Å². The van der Waals surface area contributed by atoms with Gasteiger partial charge in [0, 0.05) is 39.0 Å². The van der Waals surface area contributed by atoms with Gasteiger partial charge in [0.25, 0.3) is 0 Å². The third-order valence-corrected chi connectivity index (χ3v) is 7.97. The average molecular weight is 542 g/mol. The number of pyridine rings is 1. The third-order valence-electron chi connectivity index (χ3n) is 6.84. The Morgan fingerprint density at radius 1 is 0.825 bits per heavy atom. The molecule has 1 atom stereocenters. The summed E-state index contributed by atoms with van der Waals surface area (Å²) in [4.78, 5) is 22.2. The Balaban J connectivity index is 1.18. The van der Waals surface area contributed by atoms with Crippen LogP contribution in [0, 0.1) is 0 Å². The fraction of sp³-hybridized carbons (Fsp3) is 0.0645. The van der Waals surface area contributed by atoms with E-state index in [4.69, 9.17) is 5.10 Å². The van der Waals surface area contributed by atoms with Crippen LogP contribution in [-0.2, 0) is 4.79 Å². The van der Waals surface area contributed by atoms with Gasteiger partial charge in [-0.15, -0.1) is 10.2 Å². The number of carbonyl (C=O) groups excluding carboxylic acids is 1. The summed E-state index contributed by atoms with van der Waals surface area (Å²) in [6, 6.07) is 31.2. The number of nitrogens with zero attached hydrogens (tertiary/aromatic N) is 6. The highest BCUT2D eigenvalue weighted by atomic mass is 32.2. The average Bonchev–Trinajstić information content (AvgIpc) is 3.43. The first kappa shape index (κ1) is 24.1. The highest BCUT2D eigenvalue weighted by Gasteiger charge is 2.30. The number of fused-ring (bicyclic) bond motifs is 3. The molecule has 1 unspecified atom stereocenters. The maximum Gasteiger partial charge on any atom is 0.247 e. The molecule has 1 aliphatic rings. The molecule has 3 aromatic carbocycles. The zero-order valence-electron chi connectivity index (χ0n) is 21.5. The topological polar surface area (TPSA) is 88.3 Å². The lowest BCUT2D eigenvalue weighted by molar-refractivity contribution is -0.117. The Kier molecular flexibility index (Phi) is 5.98. The van der Waals surface area contributed by atoms with Gasteiger partial charge in [0.2, 0.25) is 5.91 Å². The Bertz CT molecular complexity index is 1830. The van der Waals surface area contributed by atoms with Crippen molar-refractivity contribution in [3.05, 3.63) is 109 Å². The van der Waals surface area contributed by atoms with Gasteiger partial charge in [0.05, 0.1) is 17.1 Å². The standard InChI is InChI=1S/C31H23N7OS/c1-20(37-25-11-2-4-13-27(25)40-28-14-5-3-12-26(28)37)31(39)33-23-10-6-8-21(18-23)24-15-16-29-34-35-30(38(29)36-24)22-9-7-17-32-19-22/h2-20H,1H3,(H,33,39). The smallest absolute Gasteiger partial charge is 0.247 e. The van der Waals surface area contributed by atoms with Gasteiger partial charge in [-0.1, -0.05) is 48.2 Å². The molecule has 8 nitrogen and oxygen atoms in total. The molecule has 1 aliphatic heterocycles. The SMILES string of the molecule is CC(C(=O)Nc1cccc(-c2ccc3nnc(-c4cccnc4)n3n2)c1)N1c2ccccc2Sc2ccccc21. The number of para-hydroxylation sites is 2. The van der Waals surface area contributed by atoms with E-state index in [1.807, 2.05) is 79.7 Å². The summed E-state index contributed by atoms with van der Waals surface area (Å²) in [5.41, 5.74) is 5.81. The van der Waals surface area contributed by atoms with Gasteiger partial charge in [-0.25, -0.2) is 0 Å². The van der Waals surface area contributed by atoms with E-state index in [-0.39, 0.29) is 5.91 Å². The Morgan fingerprint density at radius 2 is 1.57 bits per heavy atom. The summed E-state index contributed by atoms with van der Waals surface area (Å²) in [6.07, 6.45) is 3.45. The van der Waals surface area contributed by atoms with Crippen LogP contribution in [0.15, 0.2) is 119 Å². The van der Waals surface area contributed by atoms with E-state index in [2.05, 4.69) is 49.7 Å². The maximum atomic E-state index is 13.6. The lowest BCUT2D eigenvalue weighted by Crippen LogP contribution is -2.40. The van der Waals surface area contributed by atoms with E-state index < -0.39 is 6.04 Å². The maximum absolute atomic E-state index is 13.6. The molecule has 6 aromatic rings. The van der Waals surface area contributed by atoms with Crippen LogP contribution in [0.2, 0.25) is 0 Å². The van der Waals surface area contributed by atoms with Crippen molar-refractivity contribution in [1.82, 2.24) is 24.8 Å². The predicted octanol–water partition coefficient (Wildman–Crippen LogP) is 6.48. The molecule has 0 spiro atoms. The summed E-state index contributed by atoms with van der Waals surface area (Å²) in [5.74, 6) is 0.512. The van der Waals surface area contributed by atoms with E-state index in [9.17, 15) is 4.79 Å². The Labute approximate surface area is 234 Å². The summed E-state index contributed by atoms with van der Waals surface area (Å²) < 4.78 is 1.71. The molecule has 9 heteroatoms. The number of nitrogens with one attached hydrogen (secondary N) is 1. The van der Waals surface area contributed by atoms with Gasteiger partial charge in [-0.2, -0.15) is 9.61 Å². The van der Waals surface area contributed by atoms with Crippen LogP contribution in [0.25, 0.3) is 28.3 Å². The first-order valence-electron chi connectivity index (χ1n) is 12.8. The van der Waals surface area contributed by atoms with Crippen molar-refractivity contribution in [2.45, 2.75) is 22.8 Å². The lowest BCUT2D eigenvalue weighted by atomic mass is 10.1. The normalized spacial score (nSPS) is 13.0. The molecule has 1 amide bonds. The van der Waals surface area contributed by atoms with Gasteiger partial charge in [0.1, 0.15) is 6.04 Å². The highest BCUT2D eigenvalue weighted by molar-refractivity contribution is 7.99. The molecule has 0 saturated heterocycles. The molecule has 0 bridgehead atoms. The van der Waals surface area contributed by atoms with Crippen molar-refractivity contribution in [1.29, 1.82) is 0 Å². The van der Waals surface area contributed by atoms with Gasteiger partial charge >= 0.3 is 0 Å². The quantitative estimate of drug-likeness (QED) is 0.267. The van der Waals surface area contributed by atoms with E-state index in [0.29, 0.717) is 17.2 Å². The van der Waals surface area contributed by atoms with Crippen molar-refractivity contribution in [3.8, 4) is 22.6 Å². The van der Waals surface area contributed by atoms with Crippen LogP contribution in [0.1, 0.15) is 6.92 Å². The number of carbonyl (C=O) groups is 1. The van der Waals surface area contributed by atoms with Crippen LogP contribution < -0.4 is 10.2 Å². The molecule has 3 aromatic heterocycles. The number of anilines is 3. The number of amides is 1. The van der Waals surface area contributed by atoms with Gasteiger partial charge in [-0.05, 0) is 67.6 Å². The summed E-state index contributed by atoms with van der Waals surface area (Å²) in [5, 5.41) is 16.5. The van der Waals surface area contributed by atoms with Crippen LogP contribution in [0.3, 0.4) is 0 Å². The molecule has 0 radical (unpaired) electrons. The molecular weight excluding hydrogens is 518 g/mol. The number of hydrogen-bond acceptors (Lipinski definition) is 7. The third kappa shape index (κ3) is 4.26. The number of rotatable bonds is 5. The second-order valence-electron chi connectivity index (χ2n) is 9.41. The minimum absolute atomic E-state index is 0.102. The zero-order chi connectivity index (χ0) is 27.1. The molecule has 0 aliphatic carbocycles. The van der Waals surface area contributed by atoms with E-state index in [0.717, 1.165) is 38.0 Å². The summed E-state index contributed by atoms with van der Waals surface area (Å²) in [6.45, 7) is 1.93. The van der Waals surface area contributed by atoms with Crippen molar-refractivity contribution in [2.75, 3.05) is 10.2 Å². The molecule has 1 N–H and O–H groups in total. The largest absolute Gasteiger partial charge is 0.327 e. The summed E-state index contributed by atoms with van der Waals surface area (Å²) >= 11 is 1.73. The second kappa shape index (κ2) is 9.94. The van der Waals surface area contributed by atoms with Crippen LogP contribution in [-0.4, -0.2) is 36.7 Å². The first-order chi connectivity index (χ1) is 19.7. The Hall–Kier alpha value is -5.02. The van der Waals surface area contributed by atoms with Gasteiger partial charge < -0.3 is 10.2 Å². The highest BCUT2D eigenvalue weighted by Crippen LogP contribution is 2.48. The number of benzene rings is 3. The minimum Gasteiger partial charge on any atom is -0.327 e. The zero-order valence-corrected chi connectivity index (χ0v) is 22.3. The van der Waals surface area contributed by atoms with E-state index in [1.165, 1.54) is 0 Å². The van der Waals surface area contributed by atoms with Crippen molar-refractivity contribution in [2.24, 2.45) is 0 Å². The van der Waals surface area contributed by atoms with Gasteiger partial charge in [0.15, 0.2) is 11.5 Å². The molecule has 40 heavy (non-hydrogen) atoms. The van der Waals surface area contributed by atoms with Crippen LogP contribution in [0.5, 0.6) is 0 Å². The lowest BCUT2D eigenvalue weighted by Gasteiger charge is -2.36. The predicted molar refractivity (Wildman–Crippen MR) is 157 cm³/mol. The summed E-state index contributed by atoms with van der Waals surface area (Å²) in [7, 11) is 0. The van der Waals surface area contributed by atoms with Crippen molar-refractivity contribution < 1.29 is 4.79 Å². The second-order valence-corrected chi connectivity index (χ2v) is 10.5. The van der Waals surface area contributed by atoms with Crippen molar-refractivity contribution in [3.63, 3.8) is 0 Å². The minimum atomic E-state index is -0.444. The molecule has 194 valence electrons. The van der Waals surface area contributed by atoms with Crippen LogP contribution in [0.4, 0.5) is 17.1 Å². The van der Waals surface area contributed by atoms with E-state index >= 15 is 0 Å². The Morgan fingerprint density at radius 3 is 2.33 bits per heavy atom. The number of hydrogen-bond donors (Lipinski definition) is 1. The fourth-order valence-corrected chi connectivity index (χ4v) is 5.96. The number of aromatic nitrogens is 5. The fourth-order valence-electron chi connectivity index (χ4n) is 4.89. The molecule has 4 heterocycles. The monoisotopic (exact) mass is 541 g/mol. The van der Waals surface area contributed by atoms with Crippen LogP contribution >= 0.6 is 11.8 Å². The first-order valence-corrected chi connectivity index (χ1v) is 13.7.